The summed E-state index contributed by atoms with van der Waals surface area (Å²) in [4.78, 5) is 4.96. The number of piperazine rings is 1. The third kappa shape index (κ3) is 4.33. The largest absolute Gasteiger partial charge is 0.468 e. The summed E-state index contributed by atoms with van der Waals surface area (Å²) in [5.41, 5.74) is 1.33. The Labute approximate surface area is 123 Å². The zero-order valence-corrected chi connectivity index (χ0v) is 13.4. The molecular weight excluding hydrogens is 250 g/mol. The highest BCUT2D eigenvalue weighted by molar-refractivity contribution is 5.17. The molecule has 0 bridgehead atoms. The SMILES string of the molecule is CC(C)CNCc1occc1CN1CCN(C)C(C)C1. The fraction of sp³-hybridized carbons (Fsp3) is 0.750. The lowest BCUT2D eigenvalue weighted by molar-refractivity contribution is 0.0995. The molecule has 2 heterocycles. The minimum atomic E-state index is 0.637. The number of hydrogen-bond acceptors (Lipinski definition) is 4. The second-order valence-corrected chi connectivity index (χ2v) is 6.46. The highest BCUT2D eigenvalue weighted by Crippen LogP contribution is 2.16. The molecule has 4 heteroatoms. The van der Waals surface area contributed by atoms with E-state index in [1.807, 2.05) is 6.26 Å². The number of furan rings is 1. The lowest BCUT2D eigenvalue weighted by Crippen LogP contribution is -2.49. The topological polar surface area (TPSA) is 31.7 Å². The Balaban J connectivity index is 1.85. The summed E-state index contributed by atoms with van der Waals surface area (Å²) in [5, 5.41) is 3.46. The molecule has 20 heavy (non-hydrogen) atoms. The molecule has 1 fully saturated rings. The third-order valence-corrected chi connectivity index (χ3v) is 4.11. The highest BCUT2D eigenvalue weighted by Gasteiger charge is 2.21. The maximum absolute atomic E-state index is 5.64. The van der Waals surface area contributed by atoms with E-state index in [1.165, 1.54) is 5.56 Å². The van der Waals surface area contributed by atoms with Crippen LogP contribution in [-0.2, 0) is 13.1 Å². The van der Waals surface area contributed by atoms with Crippen LogP contribution in [0, 0.1) is 5.92 Å². The lowest BCUT2D eigenvalue weighted by Gasteiger charge is -2.37. The van der Waals surface area contributed by atoms with Crippen molar-refractivity contribution < 1.29 is 4.42 Å². The summed E-state index contributed by atoms with van der Waals surface area (Å²) in [6.45, 7) is 13.1. The fourth-order valence-electron chi connectivity index (χ4n) is 2.65. The lowest BCUT2D eigenvalue weighted by atomic mass is 10.1. The van der Waals surface area contributed by atoms with Crippen molar-refractivity contribution in [2.24, 2.45) is 5.92 Å². The standard InChI is InChI=1S/C16H29N3O/c1-13(2)9-17-10-16-15(5-8-20-16)12-19-7-6-18(4)14(3)11-19/h5,8,13-14,17H,6-7,9-12H2,1-4H3. The molecule has 0 radical (unpaired) electrons. The normalized spacial score (nSPS) is 21.8. The second kappa shape index (κ2) is 7.25. The first kappa shape index (κ1) is 15.5. The van der Waals surface area contributed by atoms with Crippen molar-refractivity contribution in [1.29, 1.82) is 0 Å². The van der Waals surface area contributed by atoms with Crippen LogP contribution in [0.4, 0.5) is 0 Å². The van der Waals surface area contributed by atoms with Gasteiger partial charge in [0.15, 0.2) is 0 Å². The minimum Gasteiger partial charge on any atom is -0.468 e. The summed E-state index contributed by atoms with van der Waals surface area (Å²) < 4.78 is 5.64. The van der Waals surface area contributed by atoms with E-state index in [0.717, 1.165) is 45.0 Å². The van der Waals surface area contributed by atoms with Gasteiger partial charge in [0.1, 0.15) is 5.76 Å². The molecule has 0 aliphatic carbocycles. The maximum Gasteiger partial charge on any atom is 0.122 e. The van der Waals surface area contributed by atoms with Crippen LogP contribution < -0.4 is 5.32 Å². The van der Waals surface area contributed by atoms with E-state index in [2.05, 4.69) is 49.0 Å². The number of rotatable bonds is 6. The van der Waals surface area contributed by atoms with Gasteiger partial charge in [-0.25, -0.2) is 0 Å². The molecule has 1 aromatic rings. The van der Waals surface area contributed by atoms with Crippen molar-refractivity contribution >= 4 is 0 Å². The molecule has 1 aromatic heterocycles. The van der Waals surface area contributed by atoms with Gasteiger partial charge in [-0.1, -0.05) is 13.8 Å². The molecule has 2 rings (SSSR count). The smallest absolute Gasteiger partial charge is 0.122 e. The Morgan fingerprint density at radius 3 is 2.90 bits per heavy atom. The fourth-order valence-corrected chi connectivity index (χ4v) is 2.65. The first-order valence-electron chi connectivity index (χ1n) is 7.74. The van der Waals surface area contributed by atoms with Crippen LogP contribution in [0.3, 0.4) is 0 Å². The molecule has 1 aliphatic heterocycles. The Morgan fingerprint density at radius 1 is 1.40 bits per heavy atom. The molecule has 114 valence electrons. The molecule has 4 nitrogen and oxygen atoms in total. The van der Waals surface area contributed by atoms with Gasteiger partial charge in [-0.05, 0) is 32.5 Å². The van der Waals surface area contributed by atoms with Gasteiger partial charge >= 0.3 is 0 Å². The highest BCUT2D eigenvalue weighted by atomic mass is 16.3. The molecule has 1 atom stereocenters. The van der Waals surface area contributed by atoms with Gasteiger partial charge in [-0.15, -0.1) is 0 Å². The summed E-state index contributed by atoms with van der Waals surface area (Å²) in [6.07, 6.45) is 1.82. The zero-order valence-electron chi connectivity index (χ0n) is 13.4. The summed E-state index contributed by atoms with van der Waals surface area (Å²) in [6, 6.07) is 2.76. The third-order valence-electron chi connectivity index (χ3n) is 4.11. The average molecular weight is 279 g/mol. The Kier molecular flexibility index (Phi) is 5.64. The number of nitrogens with zero attached hydrogens (tertiary/aromatic N) is 2. The summed E-state index contributed by atoms with van der Waals surface area (Å²) >= 11 is 0. The van der Waals surface area contributed by atoms with E-state index in [-0.39, 0.29) is 0 Å². The van der Waals surface area contributed by atoms with Gasteiger partial charge in [-0.2, -0.15) is 0 Å². The molecular formula is C16H29N3O. The molecule has 1 saturated heterocycles. The van der Waals surface area contributed by atoms with Crippen LogP contribution in [0.5, 0.6) is 0 Å². The van der Waals surface area contributed by atoms with Crippen molar-refractivity contribution in [1.82, 2.24) is 15.1 Å². The molecule has 1 aliphatic rings. The zero-order chi connectivity index (χ0) is 14.5. The average Bonchev–Trinajstić information content (AvgIpc) is 2.81. The van der Waals surface area contributed by atoms with Crippen molar-refractivity contribution in [3.8, 4) is 0 Å². The monoisotopic (exact) mass is 279 g/mol. The molecule has 0 amide bonds. The van der Waals surface area contributed by atoms with Crippen molar-refractivity contribution in [2.45, 2.75) is 39.9 Å². The first-order chi connectivity index (χ1) is 9.56. The van der Waals surface area contributed by atoms with E-state index >= 15 is 0 Å². The predicted molar refractivity (Wildman–Crippen MR) is 82.6 cm³/mol. The van der Waals surface area contributed by atoms with Gasteiger partial charge in [0.05, 0.1) is 12.8 Å². The van der Waals surface area contributed by atoms with Crippen LogP contribution in [0.2, 0.25) is 0 Å². The number of likely N-dealkylation sites (N-methyl/N-ethyl adjacent to an activating group) is 1. The second-order valence-electron chi connectivity index (χ2n) is 6.46. The van der Waals surface area contributed by atoms with E-state index < -0.39 is 0 Å². The van der Waals surface area contributed by atoms with Crippen LogP contribution >= 0.6 is 0 Å². The predicted octanol–water partition coefficient (Wildman–Crippen LogP) is 2.16. The molecule has 0 saturated carbocycles. The van der Waals surface area contributed by atoms with Gasteiger partial charge in [-0.3, -0.25) is 4.90 Å². The van der Waals surface area contributed by atoms with E-state index in [4.69, 9.17) is 4.42 Å². The van der Waals surface area contributed by atoms with E-state index in [1.54, 1.807) is 0 Å². The number of nitrogens with one attached hydrogen (secondary N) is 1. The van der Waals surface area contributed by atoms with Crippen molar-refractivity contribution in [3.05, 3.63) is 23.7 Å². The Hall–Kier alpha value is -0.840. The Morgan fingerprint density at radius 2 is 2.20 bits per heavy atom. The van der Waals surface area contributed by atoms with Crippen molar-refractivity contribution in [2.75, 3.05) is 33.2 Å². The minimum absolute atomic E-state index is 0.637. The van der Waals surface area contributed by atoms with Gasteiger partial charge in [0, 0.05) is 37.8 Å². The number of hydrogen-bond donors (Lipinski definition) is 1. The van der Waals surface area contributed by atoms with Gasteiger partial charge < -0.3 is 14.6 Å². The quantitative estimate of drug-likeness (QED) is 0.865. The summed E-state index contributed by atoms with van der Waals surface area (Å²) in [5.74, 6) is 1.77. The molecule has 0 spiro atoms. The van der Waals surface area contributed by atoms with Gasteiger partial charge in [0.2, 0.25) is 0 Å². The van der Waals surface area contributed by atoms with E-state index in [9.17, 15) is 0 Å². The molecule has 1 N–H and O–H groups in total. The van der Waals surface area contributed by atoms with E-state index in [0.29, 0.717) is 12.0 Å². The summed E-state index contributed by atoms with van der Waals surface area (Å²) in [7, 11) is 2.21. The first-order valence-corrected chi connectivity index (χ1v) is 7.74. The maximum atomic E-state index is 5.64. The Bertz CT molecular complexity index is 402. The van der Waals surface area contributed by atoms with Gasteiger partial charge in [0.25, 0.3) is 0 Å². The molecule has 1 unspecified atom stereocenters. The van der Waals surface area contributed by atoms with Crippen LogP contribution in [0.25, 0.3) is 0 Å². The van der Waals surface area contributed by atoms with Crippen LogP contribution in [0.15, 0.2) is 16.7 Å². The van der Waals surface area contributed by atoms with Crippen LogP contribution in [-0.4, -0.2) is 49.1 Å². The van der Waals surface area contributed by atoms with Crippen LogP contribution in [0.1, 0.15) is 32.1 Å². The molecule has 0 aromatic carbocycles. The van der Waals surface area contributed by atoms with Crippen molar-refractivity contribution in [3.63, 3.8) is 0 Å².